The van der Waals surface area contributed by atoms with E-state index in [0.29, 0.717) is 6.10 Å². The van der Waals surface area contributed by atoms with E-state index in [1.54, 1.807) is 0 Å². The van der Waals surface area contributed by atoms with Crippen molar-refractivity contribution >= 4 is 0 Å². The summed E-state index contributed by atoms with van der Waals surface area (Å²) in [5.74, 6) is 0. The van der Waals surface area contributed by atoms with Crippen molar-refractivity contribution in [2.45, 2.75) is 70.5 Å². The third-order valence-corrected chi connectivity index (χ3v) is 4.20. The highest BCUT2D eigenvalue weighted by molar-refractivity contribution is 5.13. The Kier molecular flexibility index (Phi) is 8.50. The van der Waals surface area contributed by atoms with Gasteiger partial charge in [-0.25, -0.2) is 0 Å². The van der Waals surface area contributed by atoms with Crippen LogP contribution in [0, 0.1) is 0 Å². The first-order chi connectivity index (χ1) is 10.4. The van der Waals surface area contributed by atoms with Crippen LogP contribution < -0.4 is 0 Å². The summed E-state index contributed by atoms with van der Waals surface area (Å²) in [5.41, 5.74) is 1.27. The maximum Gasteiger partial charge on any atom is 0.0716 e. The smallest absolute Gasteiger partial charge is 0.0716 e. The van der Waals surface area contributed by atoms with Gasteiger partial charge in [-0.15, -0.1) is 0 Å². The fraction of sp³-hybridized carbons (Fsp3) is 0.684. The standard InChI is InChI=1S/C19H30O2/c1(3-8-13-19-14-10-16-21-19)2-4-9-15-20-17-18-11-6-5-7-12-18/h5-7,11-12,19H,1-4,8-10,13-17H2. The van der Waals surface area contributed by atoms with E-state index in [1.165, 1.54) is 63.4 Å². The summed E-state index contributed by atoms with van der Waals surface area (Å²) in [6.45, 7) is 2.64. The zero-order valence-corrected chi connectivity index (χ0v) is 13.3. The van der Waals surface area contributed by atoms with Crippen molar-refractivity contribution < 1.29 is 9.47 Å². The maximum atomic E-state index is 5.70. The Morgan fingerprint density at radius 3 is 2.48 bits per heavy atom. The number of ether oxygens (including phenoxy) is 2. The molecule has 21 heavy (non-hydrogen) atoms. The first kappa shape index (κ1) is 16.5. The highest BCUT2D eigenvalue weighted by atomic mass is 16.5. The van der Waals surface area contributed by atoms with Gasteiger partial charge in [0, 0.05) is 13.2 Å². The van der Waals surface area contributed by atoms with Crippen LogP contribution in [0.2, 0.25) is 0 Å². The van der Waals surface area contributed by atoms with Crippen molar-refractivity contribution in [3.05, 3.63) is 35.9 Å². The van der Waals surface area contributed by atoms with Crippen LogP contribution in [0.15, 0.2) is 30.3 Å². The molecule has 0 radical (unpaired) electrons. The molecule has 0 bridgehead atoms. The van der Waals surface area contributed by atoms with Crippen LogP contribution in [0.5, 0.6) is 0 Å². The molecule has 1 aliphatic rings. The Morgan fingerprint density at radius 1 is 0.952 bits per heavy atom. The van der Waals surface area contributed by atoms with Crippen LogP contribution in [0.1, 0.15) is 63.4 Å². The number of hydrogen-bond acceptors (Lipinski definition) is 2. The molecule has 0 aromatic heterocycles. The summed E-state index contributed by atoms with van der Waals surface area (Å²) >= 11 is 0. The lowest BCUT2D eigenvalue weighted by Crippen LogP contribution is -2.03. The maximum absolute atomic E-state index is 5.70. The molecule has 1 aromatic rings. The van der Waals surface area contributed by atoms with E-state index < -0.39 is 0 Å². The van der Waals surface area contributed by atoms with Crippen LogP contribution in [0.3, 0.4) is 0 Å². The molecule has 118 valence electrons. The van der Waals surface area contributed by atoms with Gasteiger partial charge in [-0.3, -0.25) is 0 Å². The van der Waals surface area contributed by atoms with Gasteiger partial charge >= 0.3 is 0 Å². The first-order valence-electron chi connectivity index (χ1n) is 8.68. The Labute approximate surface area is 129 Å². The summed E-state index contributed by atoms with van der Waals surface area (Å²) in [7, 11) is 0. The van der Waals surface area contributed by atoms with Gasteiger partial charge in [0.15, 0.2) is 0 Å². The molecule has 1 atom stereocenters. The molecule has 0 aliphatic carbocycles. The van der Waals surface area contributed by atoms with Gasteiger partial charge < -0.3 is 9.47 Å². The van der Waals surface area contributed by atoms with E-state index in [1.807, 2.05) is 6.07 Å². The van der Waals surface area contributed by atoms with E-state index in [2.05, 4.69) is 24.3 Å². The number of hydrogen-bond donors (Lipinski definition) is 0. The van der Waals surface area contributed by atoms with Gasteiger partial charge in [0.25, 0.3) is 0 Å². The third kappa shape index (κ3) is 7.63. The topological polar surface area (TPSA) is 18.5 Å². The Bertz CT molecular complexity index is 344. The highest BCUT2D eigenvalue weighted by Gasteiger charge is 2.14. The van der Waals surface area contributed by atoms with Gasteiger partial charge in [0.05, 0.1) is 12.7 Å². The predicted molar refractivity (Wildman–Crippen MR) is 87.4 cm³/mol. The minimum atomic E-state index is 0.580. The summed E-state index contributed by atoms with van der Waals surface area (Å²) < 4.78 is 11.3. The fourth-order valence-electron chi connectivity index (χ4n) is 2.92. The highest BCUT2D eigenvalue weighted by Crippen LogP contribution is 2.18. The summed E-state index contributed by atoms with van der Waals surface area (Å²) in [5, 5.41) is 0. The van der Waals surface area contributed by atoms with Gasteiger partial charge in [0.1, 0.15) is 0 Å². The lowest BCUT2D eigenvalue weighted by atomic mass is 10.1. The van der Waals surface area contributed by atoms with Crippen molar-refractivity contribution in [2.24, 2.45) is 0 Å². The summed E-state index contributed by atoms with van der Waals surface area (Å²) in [4.78, 5) is 0. The average molecular weight is 290 g/mol. The number of rotatable bonds is 11. The monoisotopic (exact) mass is 290 g/mol. The van der Waals surface area contributed by atoms with Crippen molar-refractivity contribution in [1.29, 1.82) is 0 Å². The Balaban J connectivity index is 1.32. The SMILES string of the molecule is c1ccc(COCCCCCCCCC2CCCO2)cc1. The lowest BCUT2D eigenvalue weighted by Gasteiger charge is -2.08. The molecule has 0 spiro atoms. The molecule has 1 aromatic carbocycles. The molecule has 2 nitrogen and oxygen atoms in total. The minimum absolute atomic E-state index is 0.580. The molecule has 0 amide bonds. The van der Waals surface area contributed by atoms with Gasteiger partial charge in [-0.1, -0.05) is 62.4 Å². The second kappa shape index (κ2) is 10.8. The number of benzene rings is 1. The van der Waals surface area contributed by atoms with E-state index in [-0.39, 0.29) is 0 Å². The van der Waals surface area contributed by atoms with E-state index in [0.717, 1.165) is 19.8 Å². The summed E-state index contributed by atoms with van der Waals surface area (Å²) in [6, 6.07) is 10.4. The lowest BCUT2D eigenvalue weighted by molar-refractivity contribution is 0.102. The van der Waals surface area contributed by atoms with Crippen LogP contribution in [0.4, 0.5) is 0 Å². The van der Waals surface area contributed by atoms with Gasteiger partial charge in [-0.05, 0) is 31.2 Å². The molecule has 1 heterocycles. The molecular formula is C19H30O2. The van der Waals surface area contributed by atoms with Crippen molar-refractivity contribution in [3.63, 3.8) is 0 Å². The zero-order valence-electron chi connectivity index (χ0n) is 13.3. The van der Waals surface area contributed by atoms with Gasteiger partial charge in [0.2, 0.25) is 0 Å². The van der Waals surface area contributed by atoms with E-state index in [4.69, 9.17) is 9.47 Å². The zero-order chi connectivity index (χ0) is 14.6. The molecule has 1 unspecified atom stereocenters. The molecule has 1 aliphatic heterocycles. The largest absolute Gasteiger partial charge is 0.378 e. The average Bonchev–Trinajstić information content (AvgIpc) is 3.03. The Hall–Kier alpha value is -0.860. The van der Waals surface area contributed by atoms with Crippen LogP contribution in [0.25, 0.3) is 0 Å². The third-order valence-electron chi connectivity index (χ3n) is 4.20. The second-order valence-electron chi connectivity index (χ2n) is 6.08. The van der Waals surface area contributed by atoms with Gasteiger partial charge in [-0.2, -0.15) is 0 Å². The van der Waals surface area contributed by atoms with E-state index >= 15 is 0 Å². The van der Waals surface area contributed by atoms with E-state index in [9.17, 15) is 0 Å². The quantitative estimate of drug-likeness (QED) is 0.527. The fourth-order valence-corrected chi connectivity index (χ4v) is 2.92. The molecule has 0 N–H and O–H groups in total. The molecule has 2 rings (SSSR count). The predicted octanol–water partition coefficient (Wildman–Crippen LogP) is 5.11. The van der Waals surface area contributed by atoms with Crippen molar-refractivity contribution in [1.82, 2.24) is 0 Å². The molecular weight excluding hydrogens is 260 g/mol. The number of unbranched alkanes of at least 4 members (excludes halogenated alkanes) is 5. The van der Waals surface area contributed by atoms with Crippen molar-refractivity contribution in [3.8, 4) is 0 Å². The first-order valence-corrected chi connectivity index (χ1v) is 8.68. The second-order valence-corrected chi connectivity index (χ2v) is 6.08. The van der Waals surface area contributed by atoms with Crippen molar-refractivity contribution in [2.75, 3.05) is 13.2 Å². The molecule has 2 heteroatoms. The van der Waals surface area contributed by atoms with Crippen LogP contribution >= 0.6 is 0 Å². The minimum Gasteiger partial charge on any atom is -0.378 e. The molecule has 0 saturated carbocycles. The molecule has 1 saturated heterocycles. The molecule has 1 fully saturated rings. The van der Waals surface area contributed by atoms with Crippen LogP contribution in [-0.2, 0) is 16.1 Å². The van der Waals surface area contributed by atoms with Crippen LogP contribution in [-0.4, -0.2) is 19.3 Å². The summed E-state index contributed by atoms with van der Waals surface area (Å²) in [6.07, 6.45) is 12.3. The Morgan fingerprint density at radius 2 is 1.71 bits per heavy atom. The normalized spacial score (nSPS) is 18.2.